The molecule has 3 N–H and O–H groups in total. The average molecular weight is 394 g/mol. The Morgan fingerprint density at radius 2 is 2.00 bits per heavy atom. The summed E-state index contributed by atoms with van der Waals surface area (Å²) in [5.74, 6) is -0.641. The highest BCUT2D eigenvalue weighted by Crippen LogP contribution is 2.21. The Balaban J connectivity index is 2.10. The van der Waals surface area contributed by atoms with Crippen molar-refractivity contribution in [1.29, 1.82) is 0 Å². The van der Waals surface area contributed by atoms with Crippen LogP contribution in [0.15, 0.2) is 34.9 Å². The van der Waals surface area contributed by atoms with Gasteiger partial charge in [-0.25, -0.2) is 9.78 Å². The minimum atomic E-state index is -0.868. The highest BCUT2D eigenvalue weighted by Gasteiger charge is 2.26. The number of carbonyl (C=O) groups is 2. The number of halogens is 1. The number of hydrogen-bond acceptors (Lipinski definition) is 6. The summed E-state index contributed by atoms with van der Waals surface area (Å²) in [5.41, 5.74) is 6.97. The van der Waals surface area contributed by atoms with E-state index in [1.54, 1.807) is 24.3 Å². The van der Waals surface area contributed by atoms with Crippen molar-refractivity contribution < 1.29 is 18.7 Å². The largest absolute Gasteiger partial charge is 0.467 e. The van der Waals surface area contributed by atoms with E-state index in [4.69, 9.17) is 26.5 Å². The molecule has 0 saturated carbocycles. The molecule has 1 heterocycles. The summed E-state index contributed by atoms with van der Waals surface area (Å²) in [4.78, 5) is 28.7. The first kappa shape index (κ1) is 20.9. The van der Waals surface area contributed by atoms with Crippen molar-refractivity contribution in [3.8, 4) is 0 Å². The van der Waals surface area contributed by atoms with Crippen LogP contribution >= 0.6 is 11.6 Å². The third kappa shape index (κ3) is 5.55. The van der Waals surface area contributed by atoms with Gasteiger partial charge in [0.1, 0.15) is 12.3 Å². The van der Waals surface area contributed by atoms with Gasteiger partial charge in [0.25, 0.3) is 5.91 Å². The van der Waals surface area contributed by atoms with E-state index in [0.717, 1.165) is 12.0 Å². The van der Waals surface area contributed by atoms with Gasteiger partial charge in [-0.05, 0) is 23.6 Å². The van der Waals surface area contributed by atoms with Crippen molar-refractivity contribution in [2.45, 2.75) is 38.8 Å². The quantitative estimate of drug-likeness (QED) is 0.667. The number of carbonyl (C=O) groups excluding carboxylic acids is 2. The van der Waals surface area contributed by atoms with Crippen molar-refractivity contribution in [3.05, 3.63) is 52.7 Å². The van der Waals surface area contributed by atoms with E-state index >= 15 is 0 Å². The SMILES string of the molecule is CCC(C)C(N)c1nc(C(=O)NC(Cc2ccc(Cl)cc2)C(=O)OC)co1. The van der Waals surface area contributed by atoms with Crippen LogP contribution in [0.1, 0.15) is 48.3 Å². The van der Waals surface area contributed by atoms with Crippen LogP contribution in [0, 0.1) is 5.92 Å². The molecule has 0 spiro atoms. The molecule has 0 aliphatic carbocycles. The second kappa shape index (κ2) is 9.53. The van der Waals surface area contributed by atoms with Gasteiger partial charge in [0.05, 0.1) is 13.2 Å². The lowest BCUT2D eigenvalue weighted by molar-refractivity contribution is -0.142. The Kier molecular flexibility index (Phi) is 7.38. The molecule has 2 rings (SSSR count). The molecule has 0 fully saturated rings. The fourth-order valence-corrected chi connectivity index (χ4v) is 2.59. The molecule has 146 valence electrons. The van der Waals surface area contributed by atoms with Gasteiger partial charge >= 0.3 is 5.97 Å². The number of ether oxygens (including phenoxy) is 1. The highest BCUT2D eigenvalue weighted by molar-refractivity contribution is 6.30. The number of hydrogen-bond donors (Lipinski definition) is 2. The van der Waals surface area contributed by atoms with Crippen molar-refractivity contribution in [1.82, 2.24) is 10.3 Å². The van der Waals surface area contributed by atoms with Gasteiger partial charge in [-0.3, -0.25) is 4.79 Å². The molecule has 1 amide bonds. The van der Waals surface area contributed by atoms with Crippen molar-refractivity contribution in [3.63, 3.8) is 0 Å². The molecule has 0 bridgehead atoms. The minimum absolute atomic E-state index is 0.0637. The third-order valence-corrected chi connectivity index (χ3v) is 4.69. The van der Waals surface area contributed by atoms with Crippen LogP contribution in [0.3, 0.4) is 0 Å². The second-order valence-electron chi connectivity index (χ2n) is 6.36. The van der Waals surface area contributed by atoms with E-state index in [2.05, 4.69) is 10.3 Å². The predicted octanol–water partition coefficient (Wildman–Crippen LogP) is 2.89. The number of amides is 1. The Morgan fingerprint density at radius 3 is 2.59 bits per heavy atom. The Labute approximate surface area is 163 Å². The van der Waals surface area contributed by atoms with Crippen LogP contribution in [0.25, 0.3) is 0 Å². The Bertz CT molecular complexity index is 776. The lowest BCUT2D eigenvalue weighted by Crippen LogP contribution is -2.43. The van der Waals surface area contributed by atoms with E-state index in [9.17, 15) is 9.59 Å². The number of benzene rings is 1. The third-order valence-electron chi connectivity index (χ3n) is 4.44. The standard InChI is InChI=1S/C19H24ClN3O4/c1-4-11(2)16(21)18-23-15(10-27-18)17(24)22-14(19(25)26-3)9-12-5-7-13(20)8-6-12/h5-8,10-11,14,16H,4,9,21H2,1-3H3,(H,22,24). The molecule has 8 heteroatoms. The normalized spacial score (nSPS) is 14.3. The van der Waals surface area contributed by atoms with Crippen LogP contribution in [-0.4, -0.2) is 30.0 Å². The van der Waals surface area contributed by atoms with Crippen LogP contribution in [0.2, 0.25) is 5.02 Å². The van der Waals surface area contributed by atoms with Gasteiger partial charge in [0.2, 0.25) is 5.89 Å². The van der Waals surface area contributed by atoms with Crippen LogP contribution in [0.4, 0.5) is 0 Å². The maximum Gasteiger partial charge on any atom is 0.328 e. The number of esters is 1. The number of methoxy groups -OCH3 is 1. The van der Waals surface area contributed by atoms with E-state index in [1.165, 1.54) is 13.4 Å². The second-order valence-corrected chi connectivity index (χ2v) is 6.80. The van der Waals surface area contributed by atoms with Gasteiger partial charge in [0.15, 0.2) is 5.69 Å². The molecule has 3 unspecified atom stereocenters. The summed E-state index contributed by atoms with van der Waals surface area (Å²) in [6.45, 7) is 3.99. The average Bonchev–Trinajstić information content (AvgIpc) is 3.17. The molecule has 2 aromatic rings. The van der Waals surface area contributed by atoms with Gasteiger partial charge in [-0.15, -0.1) is 0 Å². The number of rotatable bonds is 8. The molecule has 7 nitrogen and oxygen atoms in total. The van der Waals surface area contributed by atoms with Gasteiger partial charge in [-0.2, -0.15) is 0 Å². The van der Waals surface area contributed by atoms with Crippen LogP contribution in [-0.2, 0) is 16.0 Å². The van der Waals surface area contributed by atoms with Crippen LogP contribution in [0.5, 0.6) is 0 Å². The molecule has 0 aliphatic rings. The Hall–Kier alpha value is -2.38. The van der Waals surface area contributed by atoms with Crippen molar-refractivity contribution in [2.24, 2.45) is 11.7 Å². The first-order valence-electron chi connectivity index (χ1n) is 8.69. The number of nitrogens with two attached hydrogens (primary N) is 1. The molecule has 3 atom stereocenters. The van der Waals surface area contributed by atoms with E-state index in [1.807, 2.05) is 13.8 Å². The minimum Gasteiger partial charge on any atom is -0.467 e. The molecule has 1 aromatic carbocycles. The van der Waals surface area contributed by atoms with E-state index in [-0.39, 0.29) is 18.0 Å². The van der Waals surface area contributed by atoms with Gasteiger partial charge in [0, 0.05) is 11.4 Å². The lowest BCUT2D eigenvalue weighted by Gasteiger charge is -2.16. The zero-order valence-corrected chi connectivity index (χ0v) is 16.3. The van der Waals surface area contributed by atoms with Crippen molar-refractivity contribution in [2.75, 3.05) is 7.11 Å². The maximum absolute atomic E-state index is 12.5. The van der Waals surface area contributed by atoms with E-state index in [0.29, 0.717) is 10.9 Å². The van der Waals surface area contributed by atoms with Crippen LogP contribution < -0.4 is 11.1 Å². The summed E-state index contributed by atoms with van der Waals surface area (Å²) < 4.78 is 10.1. The summed E-state index contributed by atoms with van der Waals surface area (Å²) in [7, 11) is 1.27. The smallest absolute Gasteiger partial charge is 0.328 e. The van der Waals surface area contributed by atoms with Gasteiger partial charge in [-0.1, -0.05) is 44.0 Å². The maximum atomic E-state index is 12.5. The zero-order chi connectivity index (χ0) is 20.0. The molecule has 1 aromatic heterocycles. The summed E-state index contributed by atoms with van der Waals surface area (Å²) >= 11 is 5.87. The fourth-order valence-electron chi connectivity index (χ4n) is 2.47. The number of nitrogens with zero attached hydrogens (tertiary/aromatic N) is 1. The molecule has 27 heavy (non-hydrogen) atoms. The first-order valence-corrected chi connectivity index (χ1v) is 9.07. The molecular formula is C19H24ClN3O4. The molecule has 0 aliphatic heterocycles. The monoisotopic (exact) mass is 393 g/mol. The van der Waals surface area contributed by atoms with Crippen molar-refractivity contribution >= 4 is 23.5 Å². The molecule has 0 saturated heterocycles. The van der Waals surface area contributed by atoms with E-state index < -0.39 is 24.0 Å². The Morgan fingerprint density at radius 1 is 1.33 bits per heavy atom. The van der Waals surface area contributed by atoms with Gasteiger partial charge < -0.3 is 20.2 Å². The summed E-state index contributed by atoms with van der Waals surface area (Å²) in [6.07, 6.45) is 2.35. The topological polar surface area (TPSA) is 107 Å². The number of aromatic nitrogens is 1. The summed E-state index contributed by atoms with van der Waals surface area (Å²) in [5, 5.41) is 3.22. The lowest BCUT2D eigenvalue weighted by atomic mass is 10.0. The molecule has 0 radical (unpaired) electrons. The summed E-state index contributed by atoms with van der Waals surface area (Å²) in [6, 6.07) is 5.72. The highest BCUT2D eigenvalue weighted by atomic mass is 35.5. The fraction of sp³-hybridized carbons (Fsp3) is 0.421. The predicted molar refractivity (Wildman–Crippen MR) is 101 cm³/mol. The number of nitrogens with one attached hydrogen (secondary N) is 1. The zero-order valence-electron chi connectivity index (χ0n) is 15.6. The molecular weight excluding hydrogens is 370 g/mol. The first-order chi connectivity index (χ1) is 12.8. The number of oxazole rings is 1.